The summed E-state index contributed by atoms with van der Waals surface area (Å²) in [5, 5.41) is 25.7. The molecule has 4 heterocycles. The van der Waals surface area contributed by atoms with Gasteiger partial charge in [-0.15, -0.1) is 0 Å². The van der Waals surface area contributed by atoms with Gasteiger partial charge in [-0.3, -0.25) is 19.0 Å². The van der Waals surface area contributed by atoms with Crippen LogP contribution in [0, 0.1) is 11.8 Å². The fourth-order valence-electron chi connectivity index (χ4n) is 10.8. The Morgan fingerprint density at radius 3 is 1.47 bits per heavy atom. The molecule has 2 fully saturated rings. The minimum Gasteiger partial charge on any atom is -0.465 e. The molecule has 0 radical (unpaired) electrons. The van der Waals surface area contributed by atoms with Gasteiger partial charge in [-0.2, -0.15) is 10.2 Å². The molecule has 4 aliphatic rings. The molecule has 2 aromatic heterocycles. The SMILES string of the molecule is CC(C)(C)OC(=O)N[C@@H](CSSC[C@H](NC(=O)O)C(=O)N1CCCn2nc(-c3ccccc3)cc2C1CC1CCCCC1)C(=O)N1CCCn2nc(-c3ccccc3)cc2C1CC1CCCCC1. The van der Waals surface area contributed by atoms with Crippen molar-refractivity contribution in [2.45, 2.75) is 154 Å². The zero-order valence-corrected chi connectivity index (χ0v) is 41.7. The molecule has 0 spiro atoms. The van der Waals surface area contributed by atoms with E-state index < -0.39 is 29.9 Å². The largest absolute Gasteiger partial charge is 0.465 e. The Labute approximate surface area is 409 Å². The van der Waals surface area contributed by atoms with Gasteiger partial charge >= 0.3 is 12.2 Å². The number of carboxylic acid groups (broad SMARTS) is 1. The predicted molar refractivity (Wildman–Crippen MR) is 269 cm³/mol. The summed E-state index contributed by atoms with van der Waals surface area (Å²) in [5.41, 5.74) is 4.98. The van der Waals surface area contributed by atoms with Gasteiger partial charge < -0.3 is 30.3 Å². The first-order valence-corrected chi connectivity index (χ1v) is 27.5. The van der Waals surface area contributed by atoms with Crippen LogP contribution in [0.15, 0.2) is 72.8 Å². The summed E-state index contributed by atoms with van der Waals surface area (Å²) in [6.45, 7) is 7.69. The fraction of sp³-hybridized carbons (Fsp3) is 0.577. The van der Waals surface area contributed by atoms with Crippen molar-refractivity contribution in [3.63, 3.8) is 0 Å². The molecule has 366 valence electrons. The maximum atomic E-state index is 15.1. The second-order valence-electron chi connectivity index (χ2n) is 20.1. The molecule has 0 saturated heterocycles. The second kappa shape index (κ2) is 23.1. The number of carbonyl (C=O) groups is 4. The van der Waals surface area contributed by atoms with E-state index in [1.807, 2.05) is 58.3 Å². The molecular formula is C52H70N8O6S2. The molecule has 2 aromatic carbocycles. The van der Waals surface area contributed by atoms with E-state index in [0.29, 0.717) is 50.9 Å². The van der Waals surface area contributed by atoms with E-state index in [0.717, 1.165) is 72.4 Å². The Bertz CT molecular complexity index is 2310. The van der Waals surface area contributed by atoms with Crippen LogP contribution < -0.4 is 10.6 Å². The molecule has 2 aliphatic heterocycles. The van der Waals surface area contributed by atoms with E-state index in [1.54, 1.807) is 20.8 Å². The number of hydrogen-bond acceptors (Lipinski definition) is 9. The highest BCUT2D eigenvalue weighted by Gasteiger charge is 2.39. The Kier molecular flexibility index (Phi) is 16.8. The molecule has 4 atom stereocenters. The van der Waals surface area contributed by atoms with Crippen LogP contribution in [0.2, 0.25) is 0 Å². The lowest BCUT2D eigenvalue weighted by atomic mass is 9.83. The molecule has 4 amide bonds. The maximum Gasteiger partial charge on any atom is 0.408 e. The first-order valence-electron chi connectivity index (χ1n) is 25.0. The molecule has 16 heteroatoms. The number of aromatic nitrogens is 4. The minimum atomic E-state index is -1.27. The summed E-state index contributed by atoms with van der Waals surface area (Å²) in [6.07, 6.45) is 12.6. The summed E-state index contributed by atoms with van der Waals surface area (Å²) >= 11 is 0. The van der Waals surface area contributed by atoms with Crippen molar-refractivity contribution in [3.05, 3.63) is 84.2 Å². The number of fused-ring (bicyclic) bond motifs is 2. The van der Waals surface area contributed by atoms with Gasteiger partial charge in [-0.05, 0) is 70.4 Å². The average molecular weight is 967 g/mol. The van der Waals surface area contributed by atoms with Gasteiger partial charge in [-0.1, -0.05) is 146 Å². The van der Waals surface area contributed by atoms with Crippen LogP contribution in [0.3, 0.4) is 0 Å². The van der Waals surface area contributed by atoms with E-state index in [4.69, 9.17) is 14.9 Å². The van der Waals surface area contributed by atoms with Gasteiger partial charge in [0.05, 0.1) is 34.9 Å². The van der Waals surface area contributed by atoms with Crippen LogP contribution in [0.4, 0.5) is 9.59 Å². The summed E-state index contributed by atoms with van der Waals surface area (Å²) in [5.74, 6) is 0.748. The number of carbonyl (C=O) groups excluding carboxylic acids is 3. The normalized spacial score (nSPS) is 20.3. The van der Waals surface area contributed by atoms with E-state index in [1.165, 1.54) is 60.1 Å². The first-order chi connectivity index (χ1) is 32.9. The van der Waals surface area contributed by atoms with Crippen LogP contribution in [0.5, 0.6) is 0 Å². The summed E-state index contributed by atoms with van der Waals surface area (Å²) in [4.78, 5) is 59.8. The third kappa shape index (κ3) is 12.8. The smallest absolute Gasteiger partial charge is 0.408 e. The Hall–Kier alpha value is -4.96. The number of amides is 4. The van der Waals surface area contributed by atoms with Crippen molar-refractivity contribution in [2.24, 2.45) is 11.8 Å². The summed E-state index contributed by atoms with van der Waals surface area (Å²) in [6, 6.07) is 22.0. The third-order valence-corrected chi connectivity index (χ3v) is 16.4. The number of ether oxygens (including phenoxy) is 1. The molecule has 2 saturated carbocycles. The average Bonchev–Trinajstić information content (AvgIpc) is 3.87. The molecule has 4 aromatic rings. The van der Waals surface area contributed by atoms with Crippen molar-refractivity contribution in [3.8, 4) is 22.5 Å². The lowest BCUT2D eigenvalue weighted by molar-refractivity contribution is -0.136. The molecule has 2 aliphatic carbocycles. The van der Waals surface area contributed by atoms with Crippen molar-refractivity contribution in [2.75, 3.05) is 24.6 Å². The number of rotatable bonds is 15. The standard InChI is InChI=1S/C52H70N8O6S2/c1-52(2,3)66-51(65)54-43(49(62)58-27-17-29-60-47(45(58)31-37-20-10-5-11-21-37)33-41(56-60)39-24-14-7-15-25-39)35-68-67-34-42(53-50(63)64)48(61)57-26-16-28-59-46(44(57)30-36-18-8-4-9-19-36)32-40(55-59)38-22-12-6-13-23-38/h6-7,12-15,22-25,32-33,36-37,42-45,53H,4-5,8-11,16-21,26-31,34-35H2,1-3H3,(H,54,65)(H,63,64)/t42-,43-,44?,45?/m0/s1. The molecular weight excluding hydrogens is 897 g/mol. The Morgan fingerprint density at radius 2 is 1.06 bits per heavy atom. The molecule has 0 bridgehead atoms. The van der Waals surface area contributed by atoms with E-state index >= 15 is 4.79 Å². The van der Waals surface area contributed by atoms with Gasteiger partial charge in [-0.25, -0.2) is 9.59 Å². The van der Waals surface area contributed by atoms with Crippen LogP contribution in [-0.2, 0) is 27.4 Å². The number of aryl methyl sites for hydroxylation is 2. The first kappa shape index (κ1) is 49.5. The quantitative estimate of drug-likeness (QED) is 0.0772. The number of nitrogens with zero attached hydrogens (tertiary/aromatic N) is 6. The van der Waals surface area contributed by atoms with Gasteiger partial charge in [0.15, 0.2) is 0 Å². The van der Waals surface area contributed by atoms with E-state index in [-0.39, 0.29) is 35.4 Å². The van der Waals surface area contributed by atoms with Crippen molar-refractivity contribution >= 4 is 45.6 Å². The minimum absolute atomic E-state index is 0.125. The predicted octanol–water partition coefficient (Wildman–Crippen LogP) is 10.5. The zero-order valence-electron chi connectivity index (χ0n) is 40.0. The van der Waals surface area contributed by atoms with Gasteiger partial charge in [0.25, 0.3) is 0 Å². The van der Waals surface area contributed by atoms with Crippen molar-refractivity contribution in [1.82, 2.24) is 40.0 Å². The van der Waals surface area contributed by atoms with Crippen LogP contribution in [0.25, 0.3) is 22.5 Å². The van der Waals surface area contributed by atoms with Gasteiger partial charge in [0, 0.05) is 48.8 Å². The van der Waals surface area contributed by atoms with Crippen molar-refractivity contribution in [1.29, 1.82) is 0 Å². The third-order valence-electron chi connectivity index (χ3n) is 14.0. The molecule has 2 unspecified atom stereocenters. The summed E-state index contributed by atoms with van der Waals surface area (Å²) in [7, 11) is 2.68. The highest BCUT2D eigenvalue weighted by atomic mass is 33.1. The molecule has 8 rings (SSSR count). The fourth-order valence-corrected chi connectivity index (χ4v) is 13.1. The van der Waals surface area contributed by atoms with Crippen LogP contribution in [0.1, 0.15) is 134 Å². The Balaban J connectivity index is 1.02. The Morgan fingerprint density at radius 1 is 0.632 bits per heavy atom. The molecule has 14 nitrogen and oxygen atoms in total. The van der Waals surface area contributed by atoms with Crippen LogP contribution in [-0.4, -0.2) is 101 Å². The number of alkyl carbamates (subject to hydrolysis) is 1. The second-order valence-corrected chi connectivity index (χ2v) is 22.7. The lowest BCUT2D eigenvalue weighted by Gasteiger charge is -2.36. The monoisotopic (exact) mass is 966 g/mol. The number of benzene rings is 2. The van der Waals surface area contributed by atoms with Crippen molar-refractivity contribution < 1.29 is 29.0 Å². The highest BCUT2D eigenvalue weighted by Crippen LogP contribution is 2.41. The lowest BCUT2D eigenvalue weighted by Crippen LogP contribution is -2.52. The number of nitrogens with one attached hydrogen (secondary N) is 2. The zero-order chi connectivity index (χ0) is 47.6. The maximum absolute atomic E-state index is 15.1. The topological polar surface area (TPSA) is 164 Å². The molecule has 3 N–H and O–H groups in total. The highest BCUT2D eigenvalue weighted by molar-refractivity contribution is 8.76. The van der Waals surface area contributed by atoms with E-state index in [2.05, 4.69) is 44.3 Å². The van der Waals surface area contributed by atoms with Gasteiger partial charge in [0.1, 0.15) is 17.7 Å². The van der Waals surface area contributed by atoms with E-state index in [9.17, 15) is 19.5 Å². The molecule has 68 heavy (non-hydrogen) atoms. The number of hydrogen-bond donors (Lipinski definition) is 3. The van der Waals surface area contributed by atoms with Crippen LogP contribution >= 0.6 is 21.6 Å². The van der Waals surface area contributed by atoms with Gasteiger partial charge in [0.2, 0.25) is 11.8 Å². The summed E-state index contributed by atoms with van der Waals surface area (Å²) < 4.78 is 9.86.